The molecule has 6 nitrogen and oxygen atoms in total. The lowest BCUT2D eigenvalue weighted by atomic mass is 9.29. The first-order chi connectivity index (χ1) is 42.7. The van der Waals surface area contributed by atoms with Crippen LogP contribution in [-0.4, -0.2) is 20.1 Å². The number of anilines is 11. The standard InChI is InChI=1S/C81H79B3N4O2/c1-43-27-46(4)76(47(5)28-43)86-63-41-61-57(82-55-23-19-21-25-69(55)89-71-37-52(79(10,11)12)33-62(85-61)73(71)82)39-58(63)84-60-40-59-64(42-65(60)87(77-48(6)29-44(2)30-49(77)7)67-35-53(80(13,14)15)34-66(86)74(67)84)88(78-50(8)31-45(3)32-51(78)9)68-36-54(81(16,17)18)38-72-75(68)83(59)56-24-20-22-26-70(56)90-72/h19-42,85H,1-18H3. The van der Waals surface area contributed by atoms with Gasteiger partial charge >= 0.3 is 0 Å². The van der Waals surface area contributed by atoms with E-state index in [9.17, 15) is 0 Å². The Hall–Kier alpha value is -8.81. The lowest BCUT2D eigenvalue weighted by Gasteiger charge is -2.48. The molecule has 10 aromatic rings. The minimum Gasteiger partial charge on any atom is -0.458 e. The second-order valence-electron chi connectivity index (χ2n) is 30.4. The highest BCUT2D eigenvalue weighted by atomic mass is 16.5. The first-order valence-corrected chi connectivity index (χ1v) is 32.6. The zero-order chi connectivity index (χ0) is 62.8. The number of fused-ring (bicyclic) bond motifs is 12. The van der Waals surface area contributed by atoms with Crippen molar-refractivity contribution >= 4 is 132 Å². The number of aryl methyl sites for hydroxylation is 9. The van der Waals surface area contributed by atoms with E-state index in [2.05, 4.69) is 290 Å². The Morgan fingerprint density at radius 2 is 0.644 bits per heavy atom. The molecule has 0 aromatic heterocycles. The average Bonchev–Trinajstić information content (AvgIpc) is 0.688. The number of nitrogens with one attached hydrogen (secondary N) is 1. The van der Waals surface area contributed by atoms with Crippen molar-refractivity contribution in [3.05, 3.63) is 212 Å². The maximum atomic E-state index is 7.25. The Kier molecular flexibility index (Phi) is 12.0. The van der Waals surface area contributed by atoms with Crippen LogP contribution < -0.4 is 78.7 Å². The van der Waals surface area contributed by atoms with Gasteiger partial charge in [-0.2, -0.15) is 0 Å². The van der Waals surface area contributed by atoms with Crippen molar-refractivity contribution in [1.29, 1.82) is 0 Å². The number of ether oxygens (including phenoxy) is 2. The number of rotatable bonds is 3. The van der Waals surface area contributed by atoms with E-state index < -0.39 is 0 Å². The fourth-order valence-electron chi connectivity index (χ4n) is 16.9. The molecule has 0 saturated carbocycles. The molecule has 9 heteroatoms. The molecule has 0 aliphatic carbocycles. The minimum atomic E-state index is -0.219. The largest absolute Gasteiger partial charge is 0.458 e. The van der Waals surface area contributed by atoms with Gasteiger partial charge in [0.2, 0.25) is 0 Å². The summed E-state index contributed by atoms with van der Waals surface area (Å²) in [6.07, 6.45) is 0. The van der Waals surface area contributed by atoms with E-state index in [1.54, 1.807) is 0 Å². The van der Waals surface area contributed by atoms with Crippen LogP contribution in [0.25, 0.3) is 0 Å². The van der Waals surface area contributed by atoms with E-state index in [0.29, 0.717) is 0 Å². The van der Waals surface area contributed by atoms with Crippen LogP contribution in [-0.2, 0) is 16.2 Å². The van der Waals surface area contributed by atoms with E-state index in [1.165, 1.54) is 167 Å². The zero-order valence-corrected chi connectivity index (χ0v) is 55.7. The van der Waals surface area contributed by atoms with Crippen LogP contribution in [0.3, 0.4) is 0 Å². The van der Waals surface area contributed by atoms with Crippen molar-refractivity contribution in [3.8, 4) is 23.0 Å². The molecule has 0 bridgehead atoms. The highest BCUT2D eigenvalue weighted by Gasteiger charge is 2.51. The predicted molar refractivity (Wildman–Crippen MR) is 386 cm³/mol. The van der Waals surface area contributed by atoms with E-state index in [0.717, 1.165) is 34.4 Å². The molecule has 0 unspecified atom stereocenters. The Bertz CT molecular complexity index is 4790. The third-order valence-electron chi connectivity index (χ3n) is 20.7. The van der Waals surface area contributed by atoms with E-state index in [1.807, 2.05) is 0 Å². The van der Waals surface area contributed by atoms with Gasteiger partial charge in [-0.3, -0.25) is 0 Å². The second-order valence-corrected chi connectivity index (χ2v) is 30.4. The van der Waals surface area contributed by atoms with Gasteiger partial charge in [0, 0.05) is 45.5 Å². The van der Waals surface area contributed by atoms with Gasteiger partial charge in [0.25, 0.3) is 20.1 Å². The quantitative estimate of drug-likeness (QED) is 0.178. The smallest absolute Gasteiger partial charge is 0.256 e. The van der Waals surface area contributed by atoms with Gasteiger partial charge in [-0.15, -0.1) is 0 Å². The summed E-state index contributed by atoms with van der Waals surface area (Å²) in [7, 11) is 0. The SMILES string of the molecule is Cc1cc(C)c(N2c3cc4c(cc3B3c5ccccc5Oc5cc(C(C)(C)C)cc2c53)B2c3cc5c(cc3N(c3c(C)cc(C)cc3C)c3cc(C(C)(C)C)cc(c32)N4c2c(C)cc(C)cc2C)Nc2cc(C(C)(C)C)cc3c2B5c2ccccc2O3)c(C)c1. The molecule has 16 rings (SSSR count). The van der Waals surface area contributed by atoms with Crippen LogP contribution in [0.1, 0.15) is 129 Å². The molecule has 6 aliphatic heterocycles. The van der Waals surface area contributed by atoms with Gasteiger partial charge < -0.3 is 29.5 Å². The van der Waals surface area contributed by atoms with Gasteiger partial charge in [-0.05, 0) is 238 Å². The summed E-state index contributed by atoms with van der Waals surface area (Å²) < 4.78 is 14.3. The Morgan fingerprint density at radius 3 is 1.08 bits per heavy atom. The van der Waals surface area contributed by atoms with Crippen molar-refractivity contribution in [2.45, 2.75) is 141 Å². The molecule has 6 aliphatic rings. The second kappa shape index (κ2) is 19.1. The molecule has 1 N–H and O–H groups in total. The van der Waals surface area contributed by atoms with Gasteiger partial charge in [0.15, 0.2) is 0 Å². The van der Waals surface area contributed by atoms with Crippen LogP contribution in [0, 0.1) is 62.3 Å². The average molecular weight is 1170 g/mol. The molecule has 10 aromatic carbocycles. The highest BCUT2D eigenvalue weighted by Crippen LogP contribution is 2.53. The molecular formula is C81H79B3N4O2. The summed E-state index contributed by atoms with van der Waals surface area (Å²) >= 11 is 0. The van der Waals surface area contributed by atoms with Crippen molar-refractivity contribution in [1.82, 2.24) is 0 Å². The fourth-order valence-corrected chi connectivity index (χ4v) is 16.9. The number of nitrogens with zero attached hydrogens (tertiary/aromatic N) is 3. The maximum absolute atomic E-state index is 7.25. The Morgan fingerprint density at radius 1 is 0.300 bits per heavy atom. The summed E-state index contributed by atoms with van der Waals surface area (Å²) in [4.78, 5) is 8.04. The number of benzene rings is 10. The monoisotopic (exact) mass is 1170 g/mol. The molecule has 444 valence electrons. The molecule has 6 heterocycles. The predicted octanol–water partition coefficient (Wildman–Crippen LogP) is 15.5. The molecular weight excluding hydrogens is 1090 g/mol. The lowest BCUT2D eigenvalue weighted by Crippen LogP contribution is -2.66. The zero-order valence-electron chi connectivity index (χ0n) is 55.7. The van der Waals surface area contributed by atoms with Crippen LogP contribution in [0.5, 0.6) is 23.0 Å². The first kappa shape index (κ1) is 56.4. The Labute approximate surface area is 534 Å². The molecule has 0 fully saturated rings. The van der Waals surface area contributed by atoms with Gasteiger partial charge in [0.1, 0.15) is 23.0 Å². The summed E-state index contributed by atoms with van der Waals surface area (Å²) in [5.74, 6) is 3.68. The van der Waals surface area contributed by atoms with Crippen LogP contribution in [0.2, 0.25) is 0 Å². The first-order valence-electron chi connectivity index (χ1n) is 32.6. The third-order valence-corrected chi connectivity index (χ3v) is 20.7. The number of hydrogen-bond acceptors (Lipinski definition) is 6. The van der Waals surface area contributed by atoms with Crippen LogP contribution in [0.4, 0.5) is 62.6 Å². The highest BCUT2D eigenvalue weighted by molar-refractivity contribution is 7.04. The van der Waals surface area contributed by atoms with E-state index >= 15 is 0 Å². The number of para-hydroxylation sites is 2. The summed E-state index contributed by atoms with van der Waals surface area (Å²) in [6, 6.07) is 57.1. The fraction of sp³-hybridized carbons (Fsp3) is 0.259. The molecule has 0 radical (unpaired) electrons. The van der Waals surface area contributed by atoms with Crippen molar-refractivity contribution < 1.29 is 9.47 Å². The minimum absolute atomic E-state index is 0.0851. The summed E-state index contributed by atoms with van der Waals surface area (Å²) in [6.45, 7) is 41.3. The van der Waals surface area contributed by atoms with Crippen molar-refractivity contribution in [2.75, 3.05) is 20.0 Å². The summed E-state index contributed by atoms with van der Waals surface area (Å²) in [5.41, 5.74) is 38.8. The van der Waals surface area contributed by atoms with E-state index in [-0.39, 0.29) is 36.4 Å². The third kappa shape index (κ3) is 8.19. The van der Waals surface area contributed by atoms with Crippen LogP contribution in [0.15, 0.2) is 146 Å². The molecule has 0 atom stereocenters. The van der Waals surface area contributed by atoms with Crippen molar-refractivity contribution in [2.24, 2.45) is 0 Å². The van der Waals surface area contributed by atoms with Crippen LogP contribution >= 0.6 is 0 Å². The molecule has 0 saturated heterocycles. The van der Waals surface area contributed by atoms with Gasteiger partial charge in [0.05, 0.1) is 17.1 Å². The number of hydrogen-bond donors (Lipinski definition) is 1. The molecule has 0 spiro atoms. The maximum Gasteiger partial charge on any atom is 0.256 e. The molecule has 90 heavy (non-hydrogen) atoms. The van der Waals surface area contributed by atoms with Gasteiger partial charge in [-0.1, -0.05) is 164 Å². The topological polar surface area (TPSA) is 40.2 Å². The lowest BCUT2D eigenvalue weighted by molar-refractivity contribution is 0.483. The van der Waals surface area contributed by atoms with Crippen molar-refractivity contribution in [3.63, 3.8) is 0 Å². The Balaban J connectivity index is 1.08. The van der Waals surface area contributed by atoms with E-state index in [4.69, 9.17) is 9.47 Å². The summed E-state index contributed by atoms with van der Waals surface area (Å²) in [5, 5.41) is 4.16. The molecule has 0 amide bonds. The van der Waals surface area contributed by atoms with Gasteiger partial charge in [-0.25, -0.2) is 0 Å². The normalized spacial score (nSPS) is 14.5.